The van der Waals surface area contributed by atoms with Crippen LogP contribution in [-0.4, -0.2) is 23.0 Å². The van der Waals surface area contributed by atoms with Crippen LogP contribution in [0.5, 0.6) is 0 Å². The summed E-state index contributed by atoms with van der Waals surface area (Å²) in [5.41, 5.74) is 2.09. The van der Waals surface area contributed by atoms with E-state index in [1.165, 1.54) is 0 Å². The summed E-state index contributed by atoms with van der Waals surface area (Å²) >= 11 is 0. The zero-order valence-corrected chi connectivity index (χ0v) is 11.5. The Hall–Kier alpha value is -1.84. The topological polar surface area (TPSA) is 66.4 Å². The third-order valence-electron chi connectivity index (χ3n) is 2.91. The number of hydrogen-bond donors (Lipinski definition) is 2. The molecule has 1 aromatic rings. The second-order valence-corrected chi connectivity index (χ2v) is 4.81. The van der Waals surface area contributed by atoms with Gasteiger partial charge in [0.15, 0.2) is 0 Å². The molecule has 0 aromatic heterocycles. The number of carbonyl (C=O) groups is 2. The Bertz CT molecular complexity index is 426. The van der Waals surface area contributed by atoms with Crippen molar-refractivity contribution in [2.45, 2.75) is 45.6 Å². The number of hydrogen-bond acceptors (Lipinski definition) is 2. The minimum absolute atomic E-state index is 0.0204. The maximum absolute atomic E-state index is 11.9. The maximum Gasteiger partial charge on any atom is 0.305 e. The lowest BCUT2D eigenvalue weighted by molar-refractivity contribution is -0.137. The summed E-state index contributed by atoms with van der Waals surface area (Å²) in [4.78, 5) is 22.6. The molecule has 0 aliphatic carbocycles. The fraction of sp³-hybridized carbons (Fsp3) is 0.467. The predicted molar refractivity (Wildman–Crippen MR) is 74.0 cm³/mol. The Kier molecular flexibility index (Phi) is 6.06. The molecule has 0 saturated carbocycles. The van der Waals surface area contributed by atoms with Crippen LogP contribution in [0.1, 0.15) is 37.3 Å². The first-order chi connectivity index (χ1) is 9.01. The fourth-order valence-electron chi connectivity index (χ4n) is 1.95. The molecule has 19 heavy (non-hydrogen) atoms. The third kappa shape index (κ3) is 6.04. The van der Waals surface area contributed by atoms with E-state index in [-0.39, 0.29) is 18.4 Å². The third-order valence-corrected chi connectivity index (χ3v) is 2.91. The van der Waals surface area contributed by atoms with Crippen LogP contribution in [0.25, 0.3) is 0 Å². The molecule has 0 heterocycles. The van der Waals surface area contributed by atoms with Crippen molar-refractivity contribution in [3.8, 4) is 0 Å². The smallest absolute Gasteiger partial charge is 0.305 e. The number of rotatable bonds is 7. The number of carboxylic acids is 1. The summed E-state index contributed by atoms with van der Waals surface area (Å²) < 4.78 is 0. The van der Waals surface area contributed by atoms with Crippen LogP contribution in [0.3, 0.4) is 0 Å². The Morgan fingerprint density at radius 2 is 1.89 bits per heavy atom. The first-order valence-electron chi connectivity index (χ1n) is 6.58. The van der Waals surface area contributed by atoms with Crippen molar-refractivity contribution in [1.29, 1.82) is 0 Å². The Morgan fingerprint density at radius 3 is 2.42 bits per heavy atom. The molecular formula is C15H21NO3. The number of aliphatic carboxylic acids is 1. The fourth-order valence-corrected chi connectivity index (χ4v) is 1.95. The molecule has 1 amide bonds. The van der Waals surface area contributed by atoms with E-state index in [4.69, 9.17) is 5.11 Å². The Labute approximate surface area is 113 Å². The van der Waals surface area contributed by atoms with Crippen molar-refractivity contribution >= 4 is 11.9 Å². The molecule has 1 unspecified atom stereocenters. The van der Waals surface area contributed by atoms with Gasteiger partial charge in [-0.3, -0.25) is 9.59 Å². The SMILES string of the molecule is CCCC(CC(=O)O)NC(=O)Cc1ccc(C)cc1. The highest BCUT2D eigenvalue weighted by atomic mass is 16.4. The average Bonchev–Trinajstić information content (AvgIpc) is 2.31. The van der Waals surface area contributed by atoms with Gasteiger partial charge in [-0.25, -0.2) is 0 Å². The van der Waals surface area contributed by atoms with Gasteiger partial charge in [0.05, 0.1) is 12.8 Å². The summed E-state index contributed by atoms with van der Waals surface area (Å²) in [6.45, 7) is 3.97. The minimum Gasteiger partial charge on any atom is -0.481 e. The van der Waals surface area contributed by atoms with Gasteiger partial charge in [-0.2, -0.15) is 0 Å². The number of nitrogens with one attached hydrogen (secondary N) is 1. The first-order valence-corrected chi connectivity index (χ1v) is 6.58. The van der Waals surface area contributed by atoms with Crippen molar-refractivity contribution in [3.63, 3.8) is 0 Å². The molecule has 1 atom stereocenters. The van der Waals surface area contributed by atoms with E-state index in [1.807, 2.05) is 38.1 Å². The Morgan fingerprint density at radius 1 is 1.26 bits per heavy atom. The van der Waals surface area contributed by atoms with Crippen LogP contribution in [0.4, 0.5) is 0 Å². The van der Waals surface area contributed by atoms with Crippen LogP contribution in [0, 0.1) is 6.92 Å². The molecule has 0 bridgehead atoms. The van der Waals surface area contributed by atoms with E-state index in [0.29, 0.717) is 12.8 Å². The molecule has 1 aromatic carbocycles. The summed E-state index contributed by atoms with van der Waals surface area (Å²) in [5.74, 6) is -1.00. The van der Waals surface area contributed by atoms with Gasteiger partial charge in [0.2, 0.25) is 5.91 Å². The number of amides is 1. The molecule has 104 valence electrons. The van der Waals surface area contributed by atoms with Gasteiger partial charge in [-0.05, 0) is 18.9 Å². The number of carboxylic acid groups (broad SMARTS) is 1. The number of carbonyl (C=O) groups excluding carboxylic acids is 1. The molecule has 4 heteroatoms. The highest BCUT2D eigenvalue weighted by molar-refractivity contribution is 5.79. The maximum atomic E-state index is 11.9. The molecule has 2 N–H and O–H groups in total. The molecule has 0 spiro atoms. The van der Waals surface area contributed by atoms with E-state index < -0.39 is 5.97 Å². The Balaban J connectivity index is 2.52. The molecule has 0 saturated heterocycles. The van der Waals surface area contributed by atoms with Crippen LogP contribution in [0.15, 0.2) is 24.3 Å². The van der Waals surface area contributed by atoms with E-state index in [0.717, 1.165) is 17.5 Å². The lowest BCUT2D eigenvalue weighted by Gasteiger charge is -2.16. The second-order valence-electron chi connectivity index (χ2n) is 4.81. The van der Waals surface area contributed by atoms with E-state index >= 15 is 0 Å². The van der Waals surface area contributed by atoms with Crippen LogP contribution < -0.4 is 5.32 Å². The van der Waals surface area contributed by atoms with Crippen molar-refractivity contribution in [1.82, 2.24) is 5.32 Å². The van der Waals surface area contributed by atoms with Gasteiger partial charge in [-0.1, -0.05) is 43.2 Å². The number of benzene rings is 1. The van der Waals surface area contributed by atoms with Crippen molar-refractivity contribution < 1.29 is 14.7 Å². The van der Waals surface area contributed by atoms with E-state index in [9.17, 15) is 9.59 Å². The summed E-state index contributed by atoms with van der Waals surface area (Å²) in [5, 5.41) is 11.6. The largest absolute Gasteiger partial charge is 0.481 e. The van der Waals surface area contributed by atoms with Crippen LogP contribution in [-0.2, 0) is 16.0 Å². The van der Waals surface area contributed by atoms with Crippen molar-refractivity contribution in [3.05, 3.63) is 35.4 Å². The molecular weight excluding hydrogens is 242 g/mol. The minimum atomic E-state index is -0.880. The van der Waals surface area contributed by atoms with Gasteiger partial charge < -0.3 is 10.4 Å². The van der Waals surface area contributed by atoms with Gasteiger partial charge in [-0.15, -0.1) is 0 Å². The first kappa shape index (κ1) is 15.2. The molecule has 0 aliphatic rings. The van der Waals surface area contributed by atoms with Crippen LogP contribution >= 0.6 is 0 Å². The lowest BCUT2D eigenvalue weighted by Crippen LogP contribution is -2.37. The monoisotopic (exact) mass is 263 g/mol. The molecule has 0 aliphatic heterocycles. The second kappa shape index (κ2) is 7.56. The van der Waals surface area contributed by atoms with Crippen molar-refractivity contribution in [2.75, 3.05) is 0 Å². The average molecular weight is 263 g/mol. The molecule has 4 nitrogen and oxygen atoms in total. The van der Waals surface area contributed by atoms with E-state index in [2.05, 4.69) is 5.32 Å². The predicted octanol–water partition coefficient (Wildman–Crippen LogP) is 2.30. The number of aryl methyl sites for hydroxylation is 1. The zero-order valence-electron chi connectivity index (χ0n) is 11.5. The summed E-state index contributed by atoms with van der Waals surface area (Å²) in [7, 11) is 0. The quantitative estimate of drug-likeness (QED) is 0.793. The van der Waals surface area contributed by atoms with Crippen LogP contribution in [0.2, 0.25) is 0 Å². The van der Waals surface area contributed by atoms with Crippen molar-refractivity contribution in [2.24, 2.45) is 0 Å². The lowest BCUT2D eigenvalue weighted by atomic mass is 10.1. The molecule has 0 fully saturated rings. The normalized spacial score (nSPS) is 11.9. The van der Waals surface area contributed by atoms with Gasteiger partial charge >= 0.3 is 5.97 Å². The van der Waals surface area contributed by atoms with Gasteiger partial charge in [0.1, 0.15) is 0 Å². The van der Waals surface area contributed by atoms with Gasteiger partial charge in [0.25, 0.3) is 0 Å². The molecule has 1 rings (SSSR count). The molecule has 0 radical (unpaired) electrons. The summed E-state index contributed by atoms with van der Waals surface area (Å²) in [6, 6.07) is 7.48. The highest BCUT2D eigenvalue weighted by Gasteiger charge is 2.15. The van der Waals surface area contributed by atoms with E-state index in [1.54, 1.807) is 0 Å². The standard InChI is InChI=1S/C15H21NO3/c1-3-4-13(10-15(18)19)16-14(17)9-12-7-5-11(2)6-8-12/h5-8,13H,3-4,9-10H2,1-2H3,(H,16,17)(H,18,19). The zero-order chi connectivity index (χ0) is 14.3. The highest BCUT2D eigenvalue weighted by Crippen LogP contribution is 2.06. The van der Waals surface area contributed by atoms with Gasteiger partial charge in [0, 0.05) is 6.04 Å². The summed E-state index contributed by atoms with van der Waals surface area (Å²) in [6.07, 6.45) is 1.81.